The molecule has 2 rings (SSSR count). The average molecular weight is 387 g/mol. The van der Waals surface area contributed by atoms with Crippen LogP contribution in [0.2, 0.25) is 0 Å². The third-order valence-electron chi connectivity index (χ3n) is 2.83. The quantitative estimate of drug-likeness (QED) is 0.650. The first kappa shape index (κ1) is 14.3. The van der Waals surface area contributed by atoms with Gasteiger partial charge in [0.15, 0.2) is 5.78 Å². The van der Waals surface area contributed by atoms with Crippen molar-refractivity contribution in [1.82, 2.24) is 9.78 Å². The summed E-state index contributed by atoms with van der Waals surface area (Å²) in [5.41, 5.74) is 8.64. The lowest BCUT2D eigenvalue weighted by molar-refractivity contribution is 0.0990. The topological polar surface area (TPSA) is 60.9 Å². The molecule has 0 saturated carbocycles. The molecule has 0 fully saturated rings. The second kappa shape index (κ2) is 5.46. The summed E-state index contributed by atoms with van der Waals surface area (Å²) in [4.78, 5) is 12.3. The van der Waals surface area contributed by atoms with Gasteiger partial charge in [-0.05, 0) is 41.1 Å². The fraction of sp³-hybridized carbons (Fsp3) is 0.231. The van der Waals surface area contributed by atoms with Gasteiger partial charge in [0.2, 0.25) is 0 Å². The van der Waals surface area contributed by atoms with Gasteiger partial charge in [-0.3, -0.25) is 9.48 Å². The Morgan fingerprint density at radius 1 is 1.37 bits per heavy atom. The van der Waals surface area contributed by atoms with Crippen molar-refractivity contribution in [2.45, 2.75) is 13.3 Å². The maximum Gasteiger partial charge on any atom is 0.168 e. The van der Waals surface area contributed by atoms with Crippen LogP contribution < -0.4 is 5.73 Å². The number of nitrogen functional groups attached to an aromatic ring is 1. The molecule has 0 atom stereocenters. The molecular weight excluding hydrogens is 374 g/mol. The third kappa shape index (κ3) is 3.06. The van der Waals surface area contributed by atoms with Crippen LogP contribution in [-0.4, -0.2) is 15.6 Å². The van der Waals surface area contributed by atoms with Gasteiger partial charge in [0.25, 0.3) is 0 Å². The second-order valence-electron chi connectivity index (χ2n) is 4.34. The van der Waals surface area contributed by atoms with E-state index < -0.39 is 0 Å². The van der Waals surface area contributed by atoms with Gasteiger partial charge >= 0.3 is 0 Å². The predicted molar refractivity (Wildman–Crippen MR) is 82.2 cm³/mol. The lowest BCUT2D eigenvalue weighted by Gasteiger charge is -2.05. The van der Waals surface area contributed by atoms with Gasteiger partial charge in [0.1, 0.15) is 0 Å². The molecule has 0 aliphatic carbocycles. The molecule has 0 radical (unpaired) electrons. The minimum absolute atomic E-state index is 0.0108. The van der Waals surface area contributed by atoms with E-state index in [0.29, 0.717) is 11.3 Å². The highest BCUT2D eigenvalue weighted by Crippen LogP contribution is 2.23. The Bertz CT molecular complexity index is 629. The first-order valence-corrected chi connectivity index (χ1v) is 7.24. The van der Waals surface area contributed by atoms with Gasteiger partial charge in [0, 0.05) is 22.8 Å². The zero-order chi connectivity index (χ0) is 14.2. The predicted octanol–water partition coefficient (Wildman–Crippen LogP) is 3.26. The largest absolute Gasteiger partial charge is 0.399 e. The maximum absolute atomic E-state index is 12.3. The van der Waals surface area contributed by atoms with Crippen LogP contribution in [0.1, 0.15) is 21.7 Å². The second-order valence-corrected chi connectivity index (χ2v) is 6.05. The number of carbonyl (C=O) groups is 1. The van der Waals surface area contributed by atoms with E-state index in [0.717, 1.165) is 20.3 Å². The van der Waals surface area contributed by atoms with E-state index in [9.17, 15) is 4.79 Å². The highest BCUT2D eigenvalue weighted by Gasteiger charge is 2.16. The molecule has 2 aromatic rings. The van der Waals surface area contributed by atoms with Gasteiger partial charge in [-0.2, -0.15) is 5.10 Å². The number of carbonyl (C=O) groups excluding carboxylic acids is 1. The molecule has 1 aromatic heterocycles. The summed E-state index contributed by atoms with van der Waals surface area (Å²) in [6, 6.07) is 5.22. The van der Waals surface area contributed by atoms with Gasteiger partial charge in [-0.25, -0.2) is 0 Å². The van der Waals surface area contributed by atoms with E-state index >= 15 is 0 Å². The number of anilines is 1. The Labute approximate surface area is 128 Å². The van der Waals surface area contributed by atoms with E-state index in [2.05, 4.69) is 37.0 Å². The van der Waals surface area contributed by atoms with Gasteiger partial charge in [-0.15, -0.1) is 0 Å². The maximum atomic E-state index is 12.3. The monoisotopic (exact) mass is 385 g/mol. The Balaban J connectivity index is 2.30. The summed E-state index contributed by atoms with van der Waals surface area (Å²) in [7, 11) is 1.83. The van der Waals surface area contributed by atoms with Crippen LogP contribution in [0.25, 0.3) is 0 Å². The van der Waals surface area contributed by atoms with E-state index in [4.69, 9.17) is 5.73 Å². The van der Waals surface area contributed by atoms with E-state index in [1.165, 1.54) is 0 Å². The van der Waals surface area contributed by atoms with Crippen LogP contribution in [0.15, 0.2) is 27.1 Å². The number of hydrogen-bond acceptors (Lipinski definition) is 3. The summed E-state index contributed by atoms with van der Waals surface area (Å²) < 4.78 is 3.40. The molecule has 0 unspecified atom stereocenters. The van der Waals surface area contributed by atoms with E-state index in [1.54, 1.807) is 22.9 Å². The smallest absolute Gasteiger partial charge is 0.168 e. The van der Waals surface area contributed by atoms with Gasteiger partial charge < -0.3 is 5.73 Å². The number of hydrogen-bond donors (Lipinski definition) is 1. The van der Waals surface area contributed by atoms with Crippen molar-refractivity contribution < 1.29 is 4.79 Å². The van der Waals surface area contributed by atoms with Crippen molar-refractivity contribution in [2.24, 2.45) is 7.05 Å². The van der Waals surface area contributed by atoms with Crippen LogP contribution >= 0.6 is 31.9 Å². The minimum atomic E-state index is 0.0108. The summed E-state index contributed by atoms with van der Waals surface area (Å²) in [6.07, 6.45) is 0.286. The molecule has 0 spiro atoms. The molecule has 0 bridgehead atoms. The molecule has 0 amide bonds. The average Bonchev–Trinajstić information content (AvgIpc) is 2.54. The zero-order valence-electron chi connectivity index (χ0n) is 10.6. The lowest BCUT2D eigenvalue weighted by atomic mass is 10.1. The Morgan fingerprint density at radius 2 is 2.05 bits per heavy atom. The molecule has 0 aliphatic rings. The number of nitrogens with two attached hydrogens (primary N) is 1. The van der Waals surface area contributed by atoms with Crippen LogP contribution in [-0.2, 0) is 13.5 Å². The van der Waals surface area contributed by atoms with Crippen molar-refractivity contribution >= 4 is 43.3 Å². The molecule has 0 aliphatic heterocycles. The van der Waals surface area contributed by atoms with Crippen LogP contribution in [0.3, 0.4) is 0 Å². The number of aromatic nitrogens is 2. The Kier molecular flexibility index (Phi) is 4.10. The number of halogens is 2. The summed E-state index contributed by atoms with van der Waals surface area (Å²) >= 11 is 6.80. The lowest BCUT2D eigenvalue weighted by Crippen LogP contribution is -2.09. The SMILES string of the molecule is Cc1nn(C)c(CC(=O)c2cc(N)cc(Br)c2)c1Br. The Hall–Kier alpha value is -1.14. The molecule has 6 heteroatoms. The van der Waals surface area contributed by atoms with Crippen molar-refractivity contribution in [3.8, 4) is 0 Å². The number of Topliss-reactive ketones (excluding diaryl/α,β-unsaturated/α-hetero) is 1. The number of ketones is 1. The molecule has 2 N–H and O–H groups in total. The van der Waals surface area contributed by atoms with Crippen molar-refractivity contribution in [3.05, 3.63) is 44.1 Å². The summed E-state index contributed by atoms with van der Waals surface area (Å²) in [6.45, 7) is 1.90. The van der Waals surface area contributed by atoms with Gasteiger partial charge in [0.05, 0.1) is 22.3 Å². The van der Waals surface area contributed by atoms with E-state index in [-0.39, 0.29) is 12.2 Å². The fourth-order valence-electron chi connectivity index (χ4n) is 1.90. The number of aryl methyl sites for hydroxylation is 2. The molecule has 4 nitrogen and oxygen atoms in total. The first-order valence-electron chi connectivity index (χ1n) is 5.65. The summed E-state index contributed by atoms with van der Waals surface area (Å²) in [5, 5.41) is 4.28. The fourth-order valence-corrected chi connectivity index (χ4v) is 2.89. The van der Waals surface area contributed by atoms with Gasteiger partial charge in [-0.1, -0.05) is 15.9 Å². The molecule has 100 valence electrons. The third-order valence-corrected chi connectivity index (χ3v) is 4.32. The molecule has 1 aromatic carbocycles. The van der Waals surface area contributed by atoms with Crippen LogP contribution in [0, 0.1) is 6.92 Å². The Morgan fingerprint density at radius 3 is 2.58 bits per heavy atom. The molecule has 0 saturated heterocycles. The van der Waals surface area contributed by atoms with Crippen LogP contribution in [0.5, 0.6) is 0 Å². The standard InChI is InChI=1S/C13H13Br2N3O/c1-7-13(15)11(18(2)17-7)6-12(19)8-3-9(14)5-10(16)4-8/h3-5H,6,16H2,1-2H3. The number of benzene rings is 1. The highest BCUT2D eigenvalue weighted by molar-refractivity contribution is 9.10. The number of nitrogens with zero attached hydrogens (tertiary/aromatic N) is 2. The molecule has 1 heterocycles. The van der Waals surface area contributed by atoms with Crippen molar-refractivity contribution in [2.75, 3.05) is 5.73 Å². The zero-order valence-corrected chi connectivity index (χ0v) is 13.7. The van der Waals surface area contributed by atoms with Crippen molar-refractivity contribution in [3.63, 3.8) is 0 Å². The van der Waals surface area contributed by atoms with Crippen molar-refractivity contribution in [1.29, 1.82) is 0 Å². The molecule has 19 heavy (non-hydrogen) atoms. The molecular formula is C13H13Br2N3O. The van der Waals surface area contributed by atoms with Crippen LogP contribution in [0.4, 0.5) is 5.69 Å². The first-order chi connectivity index (χ1) is 8.88. The minimum Gasteiger partial charge on any atom is -0.399 e. The normalized spacial score (nSPS) is 10.7. The summed E-state index contributed by atoms with van der Waals surface area (Å²) in [5.74, 6) is 0.0108. The number of rotatable bonds is 3. The van der Waals surface area contributed by atoms with E-state index in [1.807, 2.05) is 14.0 Å². The highest BCUT2D eigenvalue weighted by atomic mass is 79.9.